The maximum Gasteiger partial charge on any atom is 0.191 e. The molecule has 28 heavy (non-hydrogen) atoms. The van der Waals surface area contributed by atoms with Crippen LogP contribution in [0.25, 0.3) is 0 Å². The van der Waals surface area contributed by atoms with Gasteiger partial charge in [-0.15, -0.1) is 10.2 Å². The number of hydrogen-bond donors (Lipinski definition) is 0. The minimum atomic E-state index is -0.322. The fourth-order valence-corrected chi connectivity index (χ4v) is 4.23. The average Bonchev–Trinajstić information content (AvgIpc) is 3.07. The number of aryl methyl sites for hydroxylation is 1. The summed E-state index contributed by atoms with van der Waals surface area (Å²) in [4.78, 5) is 0. The van der Waals surface area contributed by atoms with Crippen molar-refractivity contribution in [3.05, 3.63) is 69.2 Å². The highest BCUT2D eigenvalue weighted by Crippen LogP contribution is 2.30. The first-order valence-corrected chi connectivity index (χ1v) is 10.6. The molecule has 0 amide bonds. The zero-order chi connectivity index (χ0) is 20.3. The lowest BCUT2D eigenvalue weighted by Gasteiger charge is -2.16. The Kier molecular flexibility index (Phi) is 6.86. The van der Waals surface area contributed by atoms with Crippen LogP contribution >= 0.6 is 35.0 Å². The molecular weight excluding hydrogens is 420 g/mol. The zero-order valence-electron chi connectivity index (χ0n) is 15.7. The number of halogens is 3. The summed E-state index contributed by atoms with van der Waals surface area (Å²) < 4.78 is 22.0. The van der Waals surface area contributed by atoms with Crippen molar-refractivity contribution in [3.8, 4) is 5.75 Å². The van der Waals surface area contributed by atoms with Crippen molar-refractivity contribution in [1.29, 1.82) is 0 Å². The maximum absolute atomic E-state index is 14.0. The Morgan fingerprint density at radius 3 is 2.64 bits per heavy atom. The van der Waals surface area contributed by atoms with Gasteiger partial charge in [-0.05, 0) is 56.7 Å². The van der Waals surface area contributed by atoms with Gasteiger partial charge in [-0.1, -0.05) is 41.0 Å². The third-order valence-electron chi connectivity index (χ3n) is 4.27. The minimum Gasteiger partial charge on any atom is -0.483 e. The Balaban J connectivity index is 1.76. The summed E-state index contributed by atoms with van der Waals surface area (Å²) in [6.07, 6.45) is -0.306. The molecule has 0 saturated heterocycles. The van der Waals surface area contributed by atoms with Gasteiger partial charge in [0.2, 0.25) is 0 Å². The Labute approximate surface area is 178 Å². The summed E-state index contributed by atoms with van der Waals surface area (Å²) in [5, 5.41) is 10.4. The van der Waals surface area contributed by atoms with Crippen molar-refractivity contribution in [2.45, 2.75) is 44.3 Å². The van der Waals surface area contributed by atoms with Crippen molar-refractivity contribution < 1.29 is 9.13 Å². The van der Waals surface area contributed by atoms with Crippen LogP contribution in [-0.2, 0) is 12.3 Å². The van der Waals surface area contributed by atoms with Gasteiger partial charge in [0.1, 0.15) is 11.6 Å². The lowest BCUT2D eigenvalue weighted by Crippen LogP contribution is -2.12. The highest BCUT2D eigenvalue weighted by atomic mass is 35.5. The van der Waals surface area contributed by atoms with E-state index in [4.69, 9.17) is 27.9 Å². The van der Waals surface area contributed by atoms with Gasteiger partial charge < -0.3 is 9.30 Å². The number of hydrogen-bond acceptors (Lipinski definition) is 4. The molecule has 1 aromatic heterocycles. The molecule has 148 valence electrons. The van der Waals surface area contributed by atoms with Crippen LogP contribution < -0.4 is 4.74 Å². The van der Waals surface area contributed by atoms with E-state index in [1.807, 2.05) is 43.5 Å². The topological polar surface area (TPSA) is 39.9 Å². The fourth-order valence-electron chi connectivity index (χ4n) is 2.76. The van der Waals surface area contributed by atoms with Crippen molar-refractivity contribution in [3.63, 3.8) is 0 Å². The molecule has 1 heterocycles. The normalized spacial score (nSPS) is 12.2. The molecule has 0 N–H and O–H groups in total. The number of ether oxygens (including phenoxy) is 1. The van der Waals surface area contributed by atoms with Crippen LogP contribution in [0, 0.1) is 12.7 Å². The second-order valence-corrected chi connectivity index (χ2v) is 8.00. The van der Waals surface area contributed by atoms with Crippen molar-refractivity contribution in [2.75, 3.05) is 0 Å². The van der Waals surface area contributed by atoms with Gasteiger partial charge in [-0.2, -0.15) is 0 Å². The molecular formula is C20H20Cl2FN3OS. The Morgan fingerprint density at radius 2 is 1.96 bits per heavy atom. The number of rotatable bonds is 7. The average molecular weight is 440 g/mol. The van der Waals surface area contributed by atoms with Crippen molar-refractivity contribution in [2.24, 2.45) is 0 Å². The summed E-state index contributed by atoms with van der Waals surface area (Å²) >= 11 is 13.6. The van der Waals surface area contributed by atoms with Crippen LogP contribution in [0.5, 0.6) is 5.75 Å². The molecule has 0 fully saturated rings. The molecule has 0 aliphatic carbocycles. The number of benzene rings is 2. The van der Waals surface area contributed by atoms with Crippen molar-refractivity contribution >= 4 is 35.0 Å². The first kappa shape index (κ1) is 21.0. The molecule has 0 spiro atoms. The van der Waals surface area contributed by atoms with Crippen LogP contribution in [-0.4, -0.2) is 14.8 Å². The predicted molar refractivity (Wildman–Crippen MR) is 112 cm³/mol. The van der Waals surface area contributed by atoms with E-state index in [0.29, 0.717) is 44.6 Å². The van der Waals surface area contributed by atoms with Gasteiger partial charge in [0.05, 0.1) is 0 Å². The second-order valence-electron chi connectivity index (χ2n) is 6.24. The van der Waals surface area contributed by atoms with Crippen LogP contribution in [0.1, 0.15) is 36.9 Å². The Bertz CT molecular complexity index is 960. The Morgan fingerprint density at radius 1 is 1.18 bits per heavy atom. The van der Waals surface area contributed by atoms with Crippen LogP contribution in [0.3, 0.4) is 0 Å². The summed E-state index contributed by atoms with van der Waals surface area (Å²) in [5.74, 6) is 1.47. The molecule has 0 saturated carbocycles. The lowest BCUT2D eigenvalue weighted by atomic mass is 10.2. The molecule has 0 radical (unpaired) electrons. The molecule has 8 heteroatoms. The van der Waals surface area contributed by atoms with E-state index >= 15 is 0 Å². The fraction of sp³-hybridized carbons (Fsp3) is 0.300. The van der Waals surface area contributed by atoms with Gasteiger partial charge in [0, 0.05) is 27.9 Å². The van der Waals surface area contributed by atoms with E-state index in [0.717, 1.165) is 5.56 Å². The van der Waals surface area contributed by atoms with Crippen LogP contribution in [0.2, 0.25) is 10.0 Å². The third-order valence-corrected chi connectivity index (χ3v) is 6.05. The van der Waals surface area contributed by atoms with E-state index < -0.39 is 0 Å². The van der Waals surface area contributed by atoms with Crippen molar-refractivity contribution in [1.82, 2.24) is 14.8 Å². The molecule has 0 aliphatic heterocycles. The van der Waals surface area contributed by atoms with Gasteiger partial charge in [-0.25, -0.2) is 4.39 Å². The van der Waals surface area contributed by atoms with E-state index in [1.54, 1.807) is 12.1 Å². The third kappa shape index (κ3) is 4.62. The monoisotopic (exact) mass is 439 g/mol. The first-order chi connectivity index (χ1) is 13.4. The van der Waals surface area contributed by atoms with Gasteiger partial charge in [0.15, 0.2) is 17.1 Å². The first-order valence-electron chi connectivity index (χ1n) is 8.82. The summed E-state index contributed by atoms with van der Waals surface area (Å²) in [6.45, 7) is 6.52. The van der Waals surface area contributed by atoms with E-state index in [1.165, 1.54) is 17.8 Å². The standard InChI is InChI=1S/C20H20Cl2FN3OS/c1-4-26-19(13(3)27-14-8-9-16(21)12(2)10-14)24-25-20(26)28-11-15-17(22)6-5-7-18(15)23/h5-10,13H,4,11H2,1-3H3/t13-/m1/s1. The summed E-state index contributed by atoms with van der Waals surface area (Å²) in [7, 11) is 0. The molecule has 1 atom stereocenters. The van der Waals surface area contributed by atoms with Gasteiger partial charge in [0.25, 0.3) is 0 Å². The smallest absolute Gasteiger partial charge is 0.191 e. The molecule has 2 aromatic carbocycles. The second kappa shape index (κ2) is 9.16. The molecule has 4 nitrogen and oxygen atoms in total. The zero-order valence-corrected chi connectivity index (χ0v) is 18.1. The largest absolute Gasteiger partial charge is 0.483 e. The molecule has 0 unspecified atom stereocenters. The predicted octanol–water partition coefficient (Wildman–Crippen LogP) is 6.48. The van der Waals surface area contributed by atoms with Crippen LogP contribution in [0.4, 0.5) is 4.39 Å². The highest BCUT2D eigenvalue weighted by Gasteiger charge is 2.20. The number of aromatic nitrogens is 3. The molecule has 3 rings (SSSR count). The summed E-state index contributed by atoms with van der Waals surface area (Å²) in [5.41, 5.74) is 1.41. The number of thioether (sulfide) groups is 1. The minimum absolute atomic E-state index is 0.306. The highest BCUT2D eigenvalue weighted by molar-refractivity contribution is 7.98. The number of nitrogens with zero attached hydrogens (tertiary/aromatic N) is 3. The van der Waals surface area contributed by atoms with Gasteiger partial charge in [-0.3, -0.25) is 0 Å². The lowest BCUT2D eigenvalue weighted by molar-refractivity contribution is 0.210. The van der Waals surface area contributed by atoms with E-state index in [9.17, 15) is 4.39 Å². The maximum atomic E-state index is 14.0. The molecule has 0 aliphatic rings. The SMILES string of the molecule is CCn1c(SCc2c(F)cccc2Cl)nnc1[C@@H](C)Oc1ccc(Cl)c(C)c1. The molecule has 3 aromatic rings. The van der Waals surface area contributed by atoms with E-state index in [-0.39, 0.29) is 11.9 Å². The quantitative estimate of drug-likeness (QED) is 0.394. The van der Waals surface area contributed by atoms with Gasteiger partial charge >= 0.3 is 0 Å². The van der Waals surface area contributed by atoms with Crippen LogP contribution in [0.15, 0.2) is 41.6 Å². The molecule has 0 bridgehead atoms. The van der Waals surface area contributed by atoms with E-state index in [2.05, 4.69) is 10.2 Å². The Hall–Kier alpha value is -1.76. The summed E-state index contributed by atoms with van der Waals surface area (Å²) in [6, 6.07) is 10.2.